The van der Waals surface area contributed by atoms with Crippen molar-refractivity contribution in [2.24, 2.45) is 5.73 Å². The van der Waals surface area contributed by atoms with Crippen molar-refractivity contribution in [1.29, 1.82) is 0 Å². The van der Waals surface area contributed by atoms with Gasteiger partial charge in [0.2, 0.25) is 11.8 Å². The predicted octanol–water partition coefficient (Wildman–Crippen LogP) is 3.04. The van der Waals surface area contributed by atoms with Crippen molar-refractivity contribution in [2.45, 2.75) is 44.2 Å². The largest absolute Gasteiger partial charge is 0.366 e. The zero-order valence-electron chi connectivity index (χ0n) is 24.2. The fourth-order valence-corrected chi connectivity index (χ4v) is 6.62. The Kier molecular flexibility index (Phi) is 7.00. The number of aromatic nitrogens is 2. The molecule has 0 saturated carbocycles. The Balaban J connectivity index is 1.00. The van der Waals surface area contributed by atoms with E-state index >= 15 is 4.39 Å². The summed E-state index contributed by atoms with van der Waals surface area (Å²) >= 11 is 0. The molecule has 45 heavy (non-hydrogen) atoms. The summed E-state index contributed by atoms with van der Waals surface area (Å²) in [4.78, 5) is 64.7. The van der Waals surface area contributed by atoms with Gasteiger partial charge in [-0.2, -0.15) is 5.10 Å². The molecule has 2 saturated heterocycles. The van der Waals surface area contributed by atoms with Crippen LogP contribution in [0.25, 0.3) is 16.6 Å². The Labute approximate surface area is 256 Å². The highest BCUT2D eigenvalue weighted by molar-refractivity contribution is 6.23. The molecule has 12 heteroatoms. The van der Waals surface area contributed by atoms with Crippen molar-refractivity contribution in [3.05, 3.63) is 94.4 Å². The Bertz CT molecular complexity index is 1910. The van der Waals surface area contributed by atoms with Gasteiger partial charge in [-0.25, -0.2) is 9.07 Å². The van der Waals surface area contributed by atoms with Crippen LogP contribution in [0.3, 0.4) is 0 Å². The van der Waals surface area contributed by atoms with Gasteiger partial charge in [0.15, 0.2) is 0 Å². The lowest BCUT2D eigenvalue weighted by molar-refractivity contribution is -0.136. The molecule has 4 heterocycles. The minimum atomic E-state index is -1.14. The summed E-state index contributed by atoms with van der Waals surface area (Å²) in [5.74, 6) is -3.71. The van der Waals surface area contributed by atoms with Crippen LogP contribution in [0.1, 0.15) is 73.8 Å². The maximum Gasteiger partial charge on any atom is 0.265 e. The number of likely N-dealkylation sites (tertiary alicyclic amines) is 1. The average Bonchev–Trinajstić information content (AvgIpc) is 3.58. The molecule has 0 radical (unpaired) electrons. The van der Waals surface area contributed by atoms with Gasteiger partial charge in [0, 0.05) is 30.1 Å². The third kappa shape index (κ3) is 4.96. The number of imide groups is 2. The van der Waals surface area contributed by atoms with Crippen LogP contribution < -0.4 is 11.1 Å². The summed E-state index contributed by atoms with van der Waals surface area (Å²) in [6.45, 7) is 1.72. The molecule has 0 spiro atoms. The summed E-state index contributed by atoms with van der Waals surface area (Å²) in [7, 11) is 0. The third-order valence-corrected chi connectivity index (χ3v) is 9.04. The van der Waals surface area contributed by atoms with E-state index in [0.717, 1.165) is 41.9 Å². The highest BCUT2D eigenvalue weighted by Gasteiger charge is 2.46. The van der Waals surface area contributed by atoms with Gasteiger partial charge < -0.3 is 5.73 Å². The van der Waals surface area contributed by atoms with Crippen LogP contribution in [-0.4, -0.2) is 68.2 Å². The summed E-state index contributed by atoms with van der Waals surface area (Å²) in [5, 5.41) is 7.55. The van der Waals surface area contributed by atoms with Crippen molar-refractivity contribution in [2.75, 3.05) is 13.1 Å². The van der Waals surface area contributed by atoms with Crippen LogP contribution in [0.2, 0.25) is 0 Å². The topological polar surface area (TPSA) is 148 Å². The Hall–Kier alpha value is -5.23. The molecule has 1 aromatic heterocycles. The molecule has 4 aromatic rings. The number of benzene rings is 3. The highest BCUT2D eigenvalue weighted by Crippen LogP contribution is 2.33. The van der Waals surface area contributed by atoms with E-state index < -0.39 is 41.4 Å². The molecule has 7 rings (SSSR count). The van der Waals surface area contributed by atoms with Crippen molar-refractivity contribution >= 4 is 40.4 Å². The lowest BCUT2D eigenvalue weighted by Crippen LogP contribution is -2.54. The van der Waals surface area contributed by atoms with Crippen LogP contribution in [0.15, 0.2) is 60.8 Å². The molecule has 3 aliphatic rings. The molecule has 2 fully saturated rings. The number of fused-ring (bicyclic) bond motifs is 2. The van der Waals surface area contributed by atoms with Crippen molar-refractivity contribution < 1.29 is 28.4 Å². The molecule has 3 aliphatic heterocycles. The molecule has 3 N–H and O–H groups in total. The first kappa shape index (κ1) is 28.5. The average molecular weight is 609 g/mol. The lowest BCUT2D eigenvalue weighted by atomic mass is 9.89. The third-order valence-electron chi connectivity index (χ3n) is 9.04. The molecule has 228 valence electrons. The van der Waals surface area contributed by atoms with Gasteiger partial charge in [0.05, 0.1) is 22.4 Å². The van der Waals surface area contributed by atoms with Gasteiger partial charge >= 0.3 is 0 Å². The van der Waals surface area contributed by atoms with E-state index in [1.165, 1.54) is 17.7 Å². The first-order valence-corrected chi connectivity index (χ1v) is 14.8. The molecule has 11 nitrogen and oxygen atoms in total. The van der Waals surface area contributed by atoms with Crippen LogP contribution in [-0.2, 0) is 16.1 Å². The minimum absolute atomic E-state index is 0.00152. The first-order valence-electron chi connectivity index (χ1n) is 14.8. The number of nitrogens with zero attached hydrogens (tertiary/aromatic N) is 4. The number of hydrogen-bond donors (Lipinski definition) is 2. The number of nitrogens with two attached hydrogens (primary N) is 1. The van der Waals surface area contributed by atoms with Crippen LogP contribution >= 0.6 is 0 Å². The van der Waals surface area contributed by atoms with Crippen LogP contribution in [0.4, 0.5) is 4.39 Å². The molecule has 1 atom stereocenters. The van der Waals surface area contributed by atoms with E-state index in [9.17, 15) is 24.0 Å². The first-order chi connectivity index (χ1) is 21.7. The van der Waals surface area contributed by atoms with Crippen LogP contribution in [0.5, 0.6) is 0 Å². The van der Waals surface area contributed by atoms with Crippen molar-refractivity contribution in [1.82, 2.24) is 24.9 Å². The van der Waals surface area contributed by atoms with Gasteiger partial charge in [-0.05, 0) is 68.1 Å². The fraction of sp³-hybridized carbons (Fsp3) is 0.273. The second-order valence-electron chi connectivity index (χ2n) is 11.7. The van der Waals surface area contributed by atoms with E-state index in [-0.39, 0.29) is 30.5 Å². The summed E-state index contributed by atoms with van der Waals surface area (Å²) < 4.78 is 17.4. The molecule has 1 unspecified atom stereocenters. The zero-order chi connectivity index (χ0) is 31.4. The van der Waals surface area contributed by atoms with Gasteiger partial charge in [-0.3, -0.25) is 39.1 Å². The SMILES string of the molecule is NC(=O)c1cccc2cn(-c3ccc(C4CCN(Cc5ccc6c(c5F)C(=O)N(C5CCC(=O)NC5=O)C6=O)CC4)cc3)nc12. The van der Waals surface area contributed by atoms with Gasteiger partial charge in [-0.15, -0.1) is 0 Å². The van der Waals surface area contributed by atoms with Gasteiger partial charge in [-0.1, -0.05) is 30.3 Å². The number of hydrogen-bond acceptors (Lipinski definition) is 7. The second-order valence-corrected chi connectivity index (χ2v) is 11.7. The number of rotatable bonds is 6. The Morgan fingerprint density at radius 1 is 0.956 bits per heavy atom. The maximum absolute atomic E-state index is 15.7. The summed E-state index contributed by atoms with van der Waals surface area (Å²) in [6, 6.07) is 15.3. The molecular formula is C33H29FN6O5. The number of piperidine rings is 2. The Morgan fingerprint density at radius 2 is 1.71 bits per heavy atom. The number of carbonyl (C=O) groups is 5. The summed E-state index contributed by atoms with van der Waals surface area (Å²) in [5.41, 5.74) is 8.43. The van der Waals surface area contributed by atoms with E-state index in [1.54, 1.807) is 16.8 Å². The standard InChI is InChI=1S/C33H29FN6O5/c34-28-20(6-9-23-27(28)33(45)40(32(23)44)25-10-11-26(41)36-31(25)43)16-38-14-12-19(13-15-38)18-4-7-22(8-5-18)39-17-21-2-1-3-24(30(35)42)29(21)37-39/h1-9,17,19,25H,10-16H2,(H2,35,42)(H,36,41,43). The molecular weight excluding hydrogens is 579 g/mol. The normalized spacial score (nSPS) is 19.3. The number of nitrogens with one attached hydrogen (secondary N) is 1. The van der Waals surface area contributed by atoms with Crippen LogP contribution in [0, 0.1) is 5.82 Å². The molecule has 5 amide bonds. The fourth-order valence-electron chi connectivity index (χ4n) is 6.62. The van der Waals surface area contributed by atoms with Crippen molar-refractivity contribution in [3.63, 3.8) is 0 Å². The minimum Gasteiger partial charge on any atom is -0.366 e. The van der Waals surface area contributed by atoms with E-state index in [1.807, 2.05) is 24.4 Å². The number of amides is 5. The van der Waals surface area contributed by atoms with E-state index in [4.69, 9.17) is 5.73 Å². The van der Waals surface area contributed by atoms with E-state index in [2.05, 4.69) is 27.4 Å². The molecule has 0 aliphatic carbocycles. The smallest absolute Gasteiger partial charge is 0.265 e. The van der Waals surface area contributed by atoms with Gasteiger partial charge in [0.25, 0.3) is 17.7 Å². The predicted molar refractivity (Wildman–Crippen MR) is 160 cm³/mol. The number of carbonyl (C=O) groups excluding carboxylic acids is 5. The number of primary amides is 1. The lowest BCUT2D eigenvalue weighted by Gasteiger charge is -2.32. The molecule has 3 aromatic carbocycles. The molecule has 0 bridgehead atoms. The van der Waals surface area contributed by atoms with E-state index in [0.29, 0.717) is 22.6 Å². The highest BCUT2D eigenvalue weighted by atomic mass is 19.1. The number of halogens is 1. The maximum atomic E-state index is 15.7. The van der Waals surface area contributed by atoms with Crippen molar-refractivity contribution in [3.8, 4) is 5.69 Å². The second kappa shape index (κ2) is 11.0. The van der Waals surface area contributed by atoms with Gasteiger partial charge in [0.1, 0.15) is 17.4 Å². The summed E-state index contributed by atoms with van der Waals surface area (Å²) in [6.07, 6.45) is 3.60. The monoisotopic (exact) mass is 608 g/mol. The zero-order valence-corrected chi connectivity index (χ0v) is 24.2. The quantitative estimate of drug-likeness (QED) is 0.320. The Morgan fingerprint density at radius 3 is 2.42 bits per heavy atom.